The van der Waals surface area contributed by atoms with Crippen LogP contribution in [0.5, 0.6) is 0 Å². The van der Waals surface area contributed by atoms with Crippen LogP contribution in [-0.4, -0.2) is 23.0 Å². The lowest BCUT2D eigenvalue weighted by molar-refractivity contribution is 0.0601. The molecule has 0 fully saturated rings. The molecule has 3 rings (SSSR count). The molecule has 2 N–H and O–H groups in total. The second-order valence-corrected chi connectivity index (χ2v) is 5.53. The van der Waals surface area contributed by atoms with E-state index in [2.05, 4.69) is 20.0 Å². The number of ether oxygens (including phenoxy) is 1. The normalized spacial score (nSPS) is 10.6. The molecular weight excluding hydrogens is 330 g/mol. The highest BCUT2D eigenvalue weighted by molar-refractivity contribution is 6.30. The number of benzene rings is 2. The van der Waals surface area contributed by atoms with Crippen molar-refractivity contribution in [2.45, 2.75) is 6.54 Å². The first kappa shape index (κ1) is 16.0. The topological polar surface area (TPSA) is 84.1 Å². The lowest BCUT2D eigenvalue weighted by atomic mass is 10.1. The third-order valence-electron chi connectivity index (χ3n) is 3.48. The van der Waals surface area contributed by atoms with Crippen LogP contribution in [0.4, 0.5) is 5.69 Å². The molecule has 3 aromatic rings. The lowest BCUT2D eigenvalue weighted by Gasteiger charge is -2.07. The molecule has 0 radical (unpaired) electrons. The van der Waals surface area contributed by atoms with Crippen LogP contribution in [0.1, 0.15) is 16.2 Å². The Bertz CT molecular complexity index is 951. The summed E-state index contributed by atoms with van der Waals surface area (Å²) in [6.07, 6.45) is 0. The zero-order chi connectivity index (χ0) is 17.1. The maximum Gasteiger partial charge on any atom is 0.337 e. The highest BCUT2D eigenvalue weighted by Gasteiger charge is 2.09. The summed E-state index contributed by atoms with van der Waals surface area (Å²) in [5, 5.41) is 4.21. The Labute approximate surface area is 142 Å². The number of H-pyrrole nitrogens is 1. The summed E-state index contributed by atoms with van der Waals surface area (Å²) < 4.78 is 4.68. The van der Waals surface area contributed by atoms with Crippen molar-refractivity contribution in [1.82, 2.24) is 9.97 Å². The zero-order valence-electron chi connectivity index (χ0n) is 12.8. The molecule has 0 aliphatic rings. The summed E-state index contributed by atoms with van der Waals surface area (Å²) in [6, 6.07) is 11.8. The van der Waals surface area contributed by atoms with Gasteiger partial charge in [-0.1, -0.05) is 11.6 Å². The minimum absolute atomic E-state index is 0.260. The summed E-state index contributed by atoms with van der Waals surface area (Å²) in [7, 11) is 1.30. The second kappa shape index (κ2) is 6.72. The van der Waals surface area contributed by atoms with E-state index in [0.717, 1.165) is 5.69 Å². The molecule has 1 heterocycles. The fourth-order valence-electron chi connectivity index (χ4n) is 2.27. The SMILES string of the molecule is COC(=O)c1ccc2c(=O)[nH]c(CNc3ccc(Cl)cc3)nc2c1. The van der Waals surface area contributed by atoms with E-state index in [1.807, 2.05) is 12.1 Å². The average molecular weight is 344 g/mol. The number of hydrogen-bond donors (Lipinski definition) is 2. The molecule has 0 atom stereocenters. The average Bonchev–Trinajstić information content (AvgIpc) is 2.60. The Morgan fingerprint density at radius 1 is 1.25 bits per heavy atom. The van der Waals surface area contributed by atoms with E-state index in [9.17, 15) is 9.59 Å². The number of aromatic amines is 1. The molecule has 0 unspecified atom stereocenters. The first-order valence-corrected chi connectivity index (χ1v) is 7.55. The molecule has 0 saturated heterocycles. The van der Waals surface area contributed by atoms with Gasteiger partial charge in [0.15, 0.2) is 0 Å². The van der Waals surface area contributed by atoms with Gasteiger partial charge in [0, 0.05) is 10.7 Å². The Balaban J connectivity index is 1.89. The van der Waals surface area contributed by atoms with E-state index in [0.29, 0.717) is 33.9 Å². The summed E-state index contributed by atoms with van der Waals surface area (Å²) in [5.41, 5.74) is 1.38. The number of aromatic nitrogens is 2. The van der Waals surface area contributed by atoms with Crippen LogP contribution >= 0.6 is 11.6 Å². The molecule has 0 amide bonds. The number of fused-ring (bicyclic) bond motifs is 1. The number of esters is 1. The molecule has 2 aromatic carbocycles. The molecule has 122 valence electrons. The van der Waals surface area contributed by atoms with Crippen LogP contribution in [0.25, 0.3) is 10.9 Å². The number of anilines is 1. The van der Waals surface area contributed by atoms with E-state index >= 15 is 0 Å². The van der Waals surface area contributed by atoms with Gasteiger partial charge in [0.2, 0.25) is 0 Å². The zero-order valence-corrected chi connectivity index (χ0v) is 13.6. The van der Waals surface area contributed by atoms with Crippen molar-refractivity contribution in [3.63, 3.8) is 0 Å². The van der Waals surface area contributed by atoms with Crippen LogP contribution in [-0.2, 0) is 11.3 Å². The Morgan fingerprint density at radius 2 is 2.00 bits per heavy atom. The fraction of sp³-hybridized carbons (Fsp3) is 0.118. The van der Waals surface area contributed by atoms with Gasteiger partial charge >= 0.3 is 5.97 Å². The number of rotatable bonds is 4. The van der Waals surface area contributed by atoms with Crippen LogP contribution in [0.15, 0.2) is 47.3 Å². The van der Waals surface area contributed by atoms with Gasteiger partial charge in [-0.3, -0.25) is 4.79 Å². The van der Waals surface area contributed by atoms with Crippen molar-refractivity contribution < 1.29 is 9.53 Å². The van der Waals surface area contributed by atoms with E-state index in [1.54, 1.807) is 24.3 Å². The van der Waals surface area contributed by atoms with Crippen molar-refractivity contribution in [2.75, 3.05) is 12.4 Å². The Hall–Kier alpha value is -2.86. The minimum atomic E-state index is -0.472. The van der Waals surface area contributed by atoms with Gasteiger partial charge in [-0.15, -0.1) is 0 Å². The van der Waals surface area contributed by atoms with Gasteiger partial charge in [0.05, 0.1) is 30.1 Å². The molecule has 7 heteroatoms. The first-order chi connectivity index (χ1) is 11.6. The summed E-state index contributed by atoms with van der Waals surface area (Å²) in [5.74, 6) is -0.00992. The lowest BCUT2D eigenvalue weighted by Crippen LogP contribution is -2.15. The van der Waals surface area contributed by atoms with Crippen molar-refractivity contribution in [3.05, 3.63) is 69.2 Å². The molecule has 0 bridgehead atoms. The van der Waals surface area contributed by atoms with Crippen LogP contribution in [0, 0.1) is 0 Å². The number of nitrogens with zero attached hydrogens (tertiary/aromatic N) is 1. The third-order valence-corrected chi connectivity index (χ3v) is 3.73. The number of nitrogens with one attached hydrogen (secondary N) is 2. The molecule has 0 aliphatic carbocycles. The van der Waals surface area contributed by atoms with Crippen molar-refractivity contribution >= 4 is 34.2 Å². The van der Waals surface area contributed by atoms with E-state index < -0.39 is 5.97 Å². The predicted octanol–water partition coefficient (Wildman–Crippen LogP) is 2.98. The van der Waals surface area contributed by atoms with Crippen LogP contribution in [0.2, 0.25) is 5.02 Å². The van der Waals surface area contributed by atoms with Gasteiger partial charge in [0.1, 0.15) is 5.82 Å². The minimum Gasteiger partial charge on any atom is -0.465 e. The summed E-state index contributed by atoms with van der Waals surface area (Å²) in [6.45, 7) is 0.329. The van der Waals surface area contributed by atoms with E-state index in [4.69, 9.17) is 11.6 Å². The standard InChI is InChI=1S/C17H14ClN3O3/c1-24-17(23)10-2-7-13-14(8-10)20-15(21-16(13)22)9-19-12-5-3-11(18)4-6-12/h2-8,19H,9H2,1H3,(H,20,21,22). The van der Waals surface area contributed by atoms with E-state index in [1.165, 1.54) is 13.2 Å². The summed E-state index contributed by atoms with van der Waals surface area (Å²) >= 11 is 5.84. The molecule has 0 spiro atoms. The van der Waals surface area contributed by atoms with Gasteiger partial charge in [-0.25, -0.2) is 9.78 Å². The second-order valence-electron chi connectivity index (χ2n) is 5.10. The monoisotopic (exact) mass is 343 g/mol. The quantitative estimate of drug-likeness (QED) is 0.711. The molecular formula is C17H14ClN3O3. The van der Waals surface area contributed by atoms with Gasteiger partial charge in [-0.05, 0) is 42.5 Å². The third kappa shape index (κ3) is 3.38. The number of carbonyl (C=O) groups excluding carboxylic acids is 1. The molecule has 1 aromatic heterocycles. The van der Waals surface area contributed by atoms with Gasteiger partial charge in [0.25, 0.3) is 5.56 Å². The molecule has 24 heavy (non-hydrogen) atoms. The highest BCUT2D eigenvalue weighted by atomic mass is 35.5. The van der Waals surface area contributed by atoms with Gasteiger partial charge in [-0.2, -0.15) is 0 Å². The molecule has 0 aliphatic heterocycles. The number of methoxy groups -OCH3 is 1. The predicted molar refractivity (Wildman–Crippen MR) is 92.5 cm³/mol. The smallest absolute Gasteiger partial charge is 0.337 e. The molecule has 0 saturated carbocycles. The highest BCUT2D eigenvalue weighted by Crippen LogP contribution is 2.15. The fourth-order valence-corrected chi connectivity index (χ4v) is 2.40. The van der Waals surface area contributed by atoms with Crippen LogP contribution < -0.4 is 10.9 Å². The number of halogens is 1. The maximum absolute atomic E-state index is 12.1. The Morgan fingerprint density at radius 3 is 2.71 bits per heavy atom. The molecule has 6 nitrogen and oxygen atoms in total. The Kier molecular flexibility index (Phi) is 4.48. The largest absolute Gasteiger partial charge is 0.465 e. The van der Waals surface area contributed by atoms with Crippen molar-refractivity contribution in [3.8, 4) is 0 Å². The first-order valence-electron chi connectivity index (χ1n) is 7.17. The number of carbonyl (C=O) groups is 1. The van der Waals surface area contributed by atoms with Crippen LogP contribution in [0.3, 0.4) is 0 Å². The summed E-state index contributed by atoms with van der Waals surface area (Å²) in [4.78, 5) is 30.9. The number of hydrogen-bond acceptors (Lipinski definition) is 5. The maximum atomic E-state index is 12.1. The van der Waals surface area contributed by atoms with Crippen molar-refractivity contribution in [1.29, 1.82) is 0 Å². The van der Waals surface area contributed by atoms with Crippen molar-refractivity contribution in [2.24, 2.45) is 0 Å². The van der Waals surface area contributed by atoms with Gasteiger partial charge < -0.3 is 15.0 Å². The van der Waals surface area contributed by atoms with E-state index in [-0.39, 0.29) is 5.56 Å².